The lowest BCUT2D eigenvalue weighted by molar-refractivity contribution is 0.0677. The average Bonchev–Trinajstić information content (AvgIpc) is 3.00. The molecule has 0 spiro atoms. The summed E-state index contributed by atoms with van der Waals surface area (Å²) >= 11 is 12.2. The number of rotatable bonds is 5. The van der Waals surface area contributed by atoms with Crippen LogP contribution in [0.2, 0.25) is 10.0 Å². The first kappa shape index (κ1) is 20.0. The molecule has 1 amide bonds. The third-order valence-corrected chi connectivity index (χ3v) is 6.94. The predicted octanol–water partition coefficient (Wildman–Crippen LogP) is 3.83. The van der Waals surface area contributed by atoms with Gasteiger partial charge in [-0.3, -0.25) is 4.79 Å². The third-order valence-electron chi connectivity index (χ3n) is 4.60. The summed E-state index contributed by atoms with van der Waals surface area (Å²) in [4.78, 5) is 14.9. The lowest BCUT2D eigenvalue weighted by atomic mass is 10.1. The van der Waals surface area contributed by atoms with Gasteiger partial charge in [-0.25, -0.2) is 8.42 Å². The van der Waals surface area contributed by atoms with Crippen molar-refractivity contribution in [1.29, 1.82) is 0 Å². The van der Waals surface area contributed by atoms with E-state index in [0.717, 1.165) is 0 Å². The predicted molar refractivity (Wildman–Crippen MR) is 106 cm³/mol. The van der Waals surface area contributed by atoms with Gasteiger partial charge in [0.2, 0.25) is 0 Å². The van der Waals surface area contributed by atoms with Gasteiger partial charge in [-0.1, -0.05) is 41.4 Å². The van der Waals surface area contributed by atoms with Crippen molar-refractivity contribution in [2.75, 3.05) is 18.6 Å². The quantitative estimate of drug-likeness (QED) is 0.726. The molecule has 1 atom stereocenters. The van der Waals surface area contributed by atoms with Gasteiger partial charge in [0.25, 0.3) is 5.91 Å². The summed E-state index contributed by atoms with van der Waals surface area (Å²) in [7, 11) is -1.67. The lowest BCUT2D eigenvalue weighted by Crippen LogP contribution is -2.40. The van der Waals surface area contributed by atoms with Crippen molar-refractivity contribution in [3.63, 3.8) is 0 Å². The van der Waals surface area contributed by atoms with Gasteiger partial charge in [0.1, 0.15) is 5.75 Å². The van der Waals surface area contributed by atoms with E-state index < -0.39 is 15.9 Å². The van der Waals surface area contributed by atoms with E-state index >= 15 is 0 Å². The van der Waals surface area contributed by atoms with E-state index in [2.05, 4.69) is 0 Å². The molecule has 1 aliphatic rings. The van der Waals surface area contributed by atoms with Crippen LogP contribution in [0, 0.1) is 0 Å². The molecule has 2 aromatic rings. The van der Waals surface area contributed by atoms with Gasteiger partial charge < -0.3 is 9.64 Å². The number of amides is 1. The maximum absolute atomic E-state index is 13.3. The molecule has 1 saturated heterocycles. The molecule has 2 aromatic carbocycles. The van der Waals surface area contributed by atoms with Gasteiger partial charge in [0.05, 0.1) is 24.2 Å². The highest BCUT2D eigenvalue weighted by Crippen LogP contribution is 2.28. The van der Waals surface area contributed by atoms with Crippen molar-refractivity contribution in [3.05, 3.63) is 63.6 Å². The van der Waals surface area contributed by atoms with Gasteiger partial charge >= 0.3 is 0 Å². The molecule has 0 saturated carbocycles. The number of hydrogen-bond donors (Lipinski definition) is 0. The summed E-state index contributed by atoms with van der Waals surface area (Å²) in [6.07, 6.45) is 0.397. The second-order valence-corrected chi connectivity index (χ2v) is 9.50. The molecule has 0 unspecified atom stereocenters. The SMILES string of the molecule is COc1ccccc1C(=O)N(Cc1ccc(Cl)cc1Cl)[C@H]1CCS(=O)(=O)C1. The van der Waals surface area contributed by atoms with Crippen LogP contribution in [0.3, 0.4) is 0 Å². The van der Waals surface area contributed by atoms with Gasteiger partial charge in [-0.05, 0) is 36.2 Å². The molecule has 5 nitrogen and oxygen atoms in total. The van der Waals surface area contributed by atoms with Crippen molar-refractivity contribution in [1.82, 2.24) is 4.90 Å². The Labute approximate surface area is 168 Å². The first-order chi connectivity index (χ1) is 12.8. The maximum atomic E-state index is 13.3. The molecule has 0 bridgehead atoms. The Kier molecular flexibility index (Phi) is 5.99. The highest BCUT2D eigenvalue weighted by molar-refractivity contribution is 7.91. The smallest absolute Gasteiger partial charge is 0.258 e. The van der Waals surface area contributed by atoms with E-state index in [1.807, 2.05) is 0 Å². The molecule has 1 aliphatic heterocycles. The Morgan fingerprint density at radius 1 is 1.22 bits per heavy atom. The highest BCUT2D eigenvalue weighted by atomic mass is 35.5. The molecular weight excluding hydrogens is 409 g/mol. The molecular formula is C19H19Cl2NO4S. The lowest BCUT2D eigenvalue weighted by Gasteiger charge is -2.29. The Morgan fingerprint density at radius 3 is 2.59 bits per heavy atom. The summed E-state index contributed by atoms with van der Waals surface area (Å²) < 4.78 is 29.3. The first-order valence-corrected chi connectivity index (χ1v) is 11.0. The van der Waals surface area contributed by atoms with Gasteiger partial charge in [-0.2, -0.15) is 0 Å². The zero-order chi connectivity index (χ0) is 19.6. The fraction of sp³-hybridized carbons (Fsp3) is 0.316. The standard InChI is InChI=1S/C19H19Cl2NO4S/c1-26-18-5-3-2-4-16(18)19(23)22(15-8-9-27(24,25)12-15)11-13-6-7-14(20)10-17(13)21/h2-7,10,15H,8-9,11-12H2,1H3/t15-/m0/s1. The number of para-hydroxylation sites is 1. The molecule has 0 aromatic heterocycles. The molecule has 3 rings (SSSR count). The number of carbonyl (C=O) groups excluding carboxylic acids is 1. The number of methoxy groups -OCH3 is 1. The number of sulfone groups is 1. The number of hydrogen-bond acceptors (Lipinski definition) is 4. The van der Waals surface area contributed by atoms with Crippen LogP contribution >= 0.6 is 23.2 Å². The summed E-state index contributed by atoms with van der Waals surface area (Å²) in [6, 6.07) is 11.5. The second-order valence-electron chi connectivity index (χ2n) is 6.43. The third kappa shape index (κ3) is 4.57. The van der Waals surface area contributed by atoms with E-state index in [1.54, 1.807) is 47.4 Å². The van der Waals surface area contributed by atoms with E-state index in [4.69, 9.17) is 27.9 Å². The number of benzene rings is 2. The largest absolute Gasteiger partial charge is 0.496 e. The maximum Gasteiger partial charge on any atom is 0.258 e. The molecule has 144 valence electrons. The van der Waals surface area contributed by atoms with Crippen LogP contribution in [0.1, 0.15) is 22.3 Å². The van der Waals surface area contributed by atoms with Crippen molar-refractivity contribution < 1.29 is 17.9 Å². The summed E-state index contributed by atoms with van der Waals surface area (Å²) in [5.41, 5.74) is 1.09. The van der Waals surface area contributed by atoms with Crippen LogP contribution in [0.15, 0.2) is 42.5 Å². The van der Waals surface area contributed by atoms with Gasteiger partial charge in [-0.15, -0.1) is 0 Å². The molecule has 1 heterocycles. The van der Waals surface area contributed by atoms with Gasteiger partial charge in [0.15, 0.2) is 9.84 Å². The Morgan fingerprint density at radius 2 is 1.96 bits per heavy atom. The minimum atomic E-state index is -3.16. The van der Waals surface area contributed by atoms with Crippen LogP contribution in [-0.4, -0.2) is 43.9 Å². The summed E-state index contributed by atoms with van der Waals surface area (Å²) in [5.74, 6) is 0.164. The zero-order valence-electron chi connectivity index (χ0n) is 14.7. The minimum absolute atomic E-state index is 0.0565. The van der Waals surface area contributed by atoms with Crippen LogP contribution in [-0.2, 0) is 16.4 Å². The normalized spacial score (nSPS) is 18.3. The first-order valence-electron chi connectivity index (χ1n) is 8.39. The molecule has 1 fully saturated rings. The van der Waals surface area contributed by atoms with E-state index in [0.29, 0.717) is 33.3 Å². The van der Waals surface area contributed by atoms with Crippen molar-refractivity contribution in [2.45, 2.75) is 19.0 Å². The fourth-order valence-corrected chi connectivity index (χ4v) is 5.40. The monoisotopic (exact) mass is 427 g/mol. The molecule has 8 heteroatoms. The summed E-state index contributed by atoms with van der Waals surface area (Å²) in [6.45, 7) is 0.188. The van der Waals surface area contributed by atoms with Gasteiger partial charge in [0, 0.05) is 22.6 Å². The summed E-state index contributed by atoms with van der Waals surface area (Å²) in [5, 5.41) is 0.927. The van der Waals surface area contributed by atoms with E-state index in [-0.39, 0.29) is 24.0 Å². The van der Waals surface area contributed by atoms with E-state index in [1.165, 1.54) is 7.11 Å². The van der Waals surface area contributed by atoms with Crippen molar-refractivity contribution in [3.8, 4) is 5.75 Å². The Hall–Kier alpha value is -1.76. The number of nitrogens with zero attached hydrogens (tertiary/aromatic N) is 1. The van der Waals surface area contributed by atoms with Crippen molar-refractivity contribution >= 4 is 38.9 Å². The zero-order valence-corrected chi connectivity index (χ0v) is 17.0. The van der Waals surface area contributed by atoms with Crippen LogP contribution in [0.5, 0.6) is 5.75 Å². The number of carbonyl (C=O) groups is 1. The number of ether oxygens (including phenoxy) is 1. The minimum Gasteiger partial charge on any atom is -0.496 e. The van der Waals surface area contributed by atoms with Crippen LogP contribution in [0.25, 0.3) is 0 Å². The molecule has 27 heavy (non-hydrogen) atoms. The highest BCUT2D eigenvalue weighted by Gasteiger charge is 2.36. The second kappa shape index (κ2) is 8.09. The Bertz CT molecular complexity index is 962. The molecule has 0 aliphatic carbocycles. The Balaban J connectivity index is 1.98. The van der Waals surface area contributed by atoms with E-state index in [9.17, 15) is 13.2 Å². The topological polar surface area (TPSA) is 63.7 Å². The molecule has 0 radical (unpaired) electrons. The molecule has 0 N–H and O–H groups in total. The average molecular weight is 428 g/mol. The fourth-order valence-electron chi connectivity index (χ4n) is 3.20. The number of halogens is 2. The van der Waals surface area contributed by atoms with Crippen molar-refractivity contribution in [2.24, 2.45) is 0 Å². The van der Waals surface area contributed by atoms with Crippen LogP contribution < -0.4 is 4.74 Å². The van der Waals surface area contributed by atoms with Crippen LogP contribution in [0.4, 0.5) is 0 Å².